The molecule has 0 saturated heterocycles. The van der Waals surface area contributed by atoms with Gasteiger partial charge in [-0.05, 0) is 12.5 Å². The Bertz CT molecular complexity index is 498. The smallest absolute Gasteiger partial charge is 0.253 e. The molecule has 0 heterocycles. The van der Waals surface area contributed by atoms with Crippen LogP contribution in [0.5, 0.6) is 0 Å². The lowest BCUT2D eigenvalue weighted by molar-refractivity contribution is 0.476. The Hall–Kier alpha value is -0.950. The van der Waals surface area contributed by atoms with Crippen LogP contribution in [0.4, 0.5) is 0 Å². The molecule has 0 bridgehead atoms. The van der Waals surface area contributed by atoms with Gasteiger partial charge in [0.2, 0.25) is 4.99 Å². The van der Waals surface area contributed by atoms with Gasteiger partial charge in [0.1, 0.15) is 0 Å². The second-order valence-corrected chi connectivity index (χ2v) is 6.52. The number of nitrogens with zero attached hydrogens (tertiary/aromatic N) is 2. The summed E-state index contributed by atoms with van der Waals surface area (Å²) in [6, 6.07) is 9.20. The Labute approximate surface area is 114 Å². The number of halogens is 1. The monoisotopic (exact) mass is 291 g/mol. The lowest BCUT2D eigenvalue weighted by Crippen LogP contribution is -2.49. The molecule has 2 N–H and O–H groups in total. The average molecular weight is 292 g/mol. The van der Waals surface area contributed by atoms with Gasteiger partial charge in [0.05, 0.1) is 0 Å². The van der Waals surface area contributed by atoms with Gasteiger partial charge >= 0.3 is 0 Å². The van der Waals surface area contributed by atoms with Crippen molar-refractivity contribution in [2.75, 3.05) is 14.1 Å². The van der Waals surface area contributed by atoms with Crippen molar-refractivity contribution in [3.8, 4) is 0 Å². The normalized spacial score (nSPS) is 15.4. The van der Waals surface area contributed by atoms with Crippen LogP contribution >= 0.6 is 12.4 Å². The zero-order valence-electron chi connectivity index (χ0n) is 10.6. The number of aliphatic imine (C=N–C) groups is 1. The highest BCUT2D eigenvalue weighted by Crippen LogP contribution is 2.14. The Morgan fingerprint density at radius 3 is 2.22 bits per heavy atom. The molecule has 1 aromatic carbocycles. The lowest BCUT2D eigenvalue weighted by atomic mass is 10.2. The highest BCUT2D eigenvalue weighted by molar-refractivity contribution is 7.90. The van der Waals surface area contributed by atoms with E-state index in [1.807, 2.05) is 30.3 Å². The molecule has 0 spiro atoms. The third kappa shape index (κ3) is 3.78. The number of benzene rings is 1. The van der Waals surface area contributed by atoms with E-state index in [4.69, 9.17) is 5.73 Å². The maximum atomic E-state index is 11.9. The van der Waals surface area contributed by atoms with Gasteiger partial charge in [0.25, 0.3) is 10.0 Å². The molecule has 5 nitrogen and oxygen atoms in total. The van der Waals surface area contributed by atoms with Crippen LogP contribution in [-0.4, -0.2) is 38.0 Å². The molecule has 1 unspecified atom stereocenters. The summed E-state index contributed by atoms with van der Waals surface area (Å²) in [6.45, 7) is 1.36. The maximum Gasteiger partial charge on any atom is 0.253 e. The zero-order chi connectivity index (χ0) is 13.1. The Morgan fingerprint density at radius 2 is 1.78 bits per heavy atom. The number of rotatable bonds is 4. The molecule has 7 heteroatoms. The van der Waals surface area contributed by atoms with Crippen LogP contribution in [0.1, 0.15) is 12.5 Å². The number of nitrogens with two attached hydrogens (primary N) is 1. The summed E-state index contributed by atoms with van der Waals surface area (Å²) in [5.41, 5.74) is 6.52. The van der Waals surface area contributed by atoms with Gasteiger partial charge in [-0.15, -0.1) is 12.4 Å². The second-order valence-electron chi connectivity index (χ2n) is 4.01. The molecule has 1 atom stereocenters. The molecule has 0 aliphatic carbocycles. The van der Waals surface area contributed by atoms with E-state index in [0.29, 0.717) is 0 Å². The van der Waals surface area contributed by atoms with Gasteiger partial charge < -0.3 is 0 Å². The first-order chi connectivity index (χ1) is 7.77. The first kappa shape index (κ1) is 17.1. The minimum Gasteiger partial charge on any atom is -0.293 e. The summed E-state index contributed by atoms with van der Waals surface area (Å²) >= 11 is 0. The van der Waals surface area contributed by atoms with Gasteiger partial charge in [-0.3, -0.25) is 10.7 Å². The van der Waals surface area contributed by atoms with Crippen LogP contribution in [0.15, 0.2) is 35.3 Å². The van der Waals surface area contributed by atoms with Crippen molar-refractivity contribution >= 4 is 28.6 Å². The first-order valence-corrected chi connectivity index (χ1v) is 6.52. The van der Waals surface area contributed by atoms with Crippen molar-refractivity contribution in [3.05, 3.63) is 35.9 Å². The van der Waals surface area contributed by atoms with Gasteiger partial charge in [-0.1, -0.05) is 30.3 Å². The van der Waals surface area contributed by atoms with E-state index in [2.05, 4.69) is 4.99 Å². The predicted molar refractivity (Wildman–Crippen MR) is 76.5 cm³/mol. The van der Waals surface area contributed by atoms with Crippen LogP contribution in [0.2, 0.25) is 0 Å². The van der Waals surface area contributed by atoms with Crippen molar-refractivity contribution in [3.63, 3.8) is 0 Å². The topological polar surface area (TPSA) is 75.8 Å². The van der Waals surface area contributed by atoms with Gasteiger partial charge in [0, 0.05) is 20.3 Å². The minimum atomic E-state index is -3.63. The fourth-order valence-corrected chi connectivity index (χ4v) is 2.10. The summed E-state index contributed by atoms with van der Waals surface area (Å²) in [7, 11) is -0.775. The Kier molecular flexibility index (Phi) is 5.95. The fraction of sp³-hybridized carbons (Fsp3) is 0.364. The van der Waals surface area contributed by atoms with Crippen LogP contribution in [0.25, 0.3) is 0 Å². The summed E-state index contributed by atoms with van der Waals surface area (Å²) in [4.78, 5) is 2.28. The standard InChI is InChI=1S/C11H17N3O2S.ClH/c1-11(12,17(15,16)14(2)3)13-9-10-7-5-4-6-8-10;/h4-9H,12H2,1-3H3;1H. The Balaban J connectivity index is 0.00000289. The van der Waals surface area contributed by atoms with Crippen LogP contribution in [0.3, 0.4) is 0 Å². The van der Waals surface area contributed by atoms with Crippen molar-refractivity contribution in [1.82, 2.24) is 4.31 Å². The third-order valence-corrected chi connectivity index (χ3v) is 4.38. The van der Waals surface area contributed by atoms with Crippen molar-refractivity contribution in [2.24, 2.45) is 10.7 Å². The zero-order valence-corrected chi connectivity index (χ0v) is 12.2. The molecule has 0 amide bonds. The molecule has 0 fully saturated rings. The van der Waals surface area contributed by atoms with E-state index in [1.165, 1.54) is 27.2 Å². The van der Waals surface area contributed by atoms with E-state index >= 15 is 0 Å². The molecular formula is C11H18ClN3O2S. The van der Waals surface area contributed by atoms with E-state index in [0.717, 1.165) is 9.87 Å². The number of hydrogen-bond acceptors (Lipinski definition) is 4. The van der Waals surface area contributed by atoms with Crippen molar-refractivity contribution < 1.29 is 8.42 Å². The summed E-state index contributed by atoms with van der Waals surface area (Å²) in [6.07, 6.45) is 1.46. The third-order valence-electron chi connectivity index (χ3n) is 2.27. The van der Waals surface area contributed by atoms with Crippen LogP contribution in [-0.2, 0) is 10.0 Å². The fourth-order valence-electron chi connectivity index (χ4n) is 1.18. The molecule has 0 saturated carbocycles. The van der Waals surface area contributed by atoms with E-state index in [-0.39, 0.29) is 12.4 Å². The summed E-state index contributed by atoms with van der Waals surface area (Å²) < 4.78 is 24.8. The molecule has 1 rings (SSSR count). The summed E-state index contributed by atoms with van der Waals surface area (Å²) in [5, 5.41) is 0. The van der Waals surface area contributed by atoms with Crippen LogP contribution < -0.4 is 5.73 Å². The molecule has 18 heavy (non-hydrogen) atoms. The lowest BCUT2D eigenvalue weighted by Gasteiger charge is -2.24. The molecule has 102 valence electrons. The summed E-state index contributed by atoms with van der Waals surface area (Å²) in [5.74, 6) is 0. The molecule has 1 aromatic rings. The molecule has 0 aliphatic rings. The quantitative estimate of drug-likeness (QED) is 0.843. The molecular weight excluding hydrogens is 274 g/mol. The molecule has 0 radical (unpaired) electrons. The first-order valence-electron chi connectivity index (χ1n) is 5.08. The number of sulfonamides is 1. The van der Waals surface area contributed by atoms with Gasteiger partial charge in [-0.25, -0.2) is 12.7 Å². The maximum absolute atomic E-state index is 11.9. The average Bonchev–Trinajstić information content (AvgIpc) is 2.27. The van der Waals surface area contributed by atoms with Crippen LogP contribution in [0, 0.1) is 0 Å². The van der Waals surface area contributed by atoms with Crippen molar-refractivity contribution in [2.45, 2.75) is 11.9 Å². The molecule has 0 aliphatic heterocycles. The SMILES string of the molecule is CN(C)S(=O)(=O)C(C)(N)N=Cc1ccccc1.Cl. The second kappa shape index (κ2) is 6.29. The van der Waals surface area contributed by atoms with Crippen molar-refractivity contribution in [1.29, 1.82) is 0 Å². The van der Waals surface area contributed by atoms with E-state index in [9.17, 15) is 8.42 Å². The highest BCUT2D eigenvalue weighted by atomic mass is 35.5. The largest absolute Gasteiger partial charge is 0.293 e. The highest BCUT2D eigenvalue weighted by Gasteiger charge is 2.36. The van der Waals surface area contributed by atoms with Gasteiger partial charge in [-0.2, -0.15) is 0 Å². The van der Waals surface area contributed by atoms with Gasteiger partial charge in [0.15, 0.2) is 0 Å². The van der Waals surface area contributed by atoms with E-state index in [1.54, 1.807) is 0 Å². The number of hydrogen-bond donors (Lipinski definition) is 1. The molecule has 0 aromatic heterocycles. The Morgan fingerprint density at radius 1 is 1.28 bits per heavy atom. The van der Waals surface area contributed by atoms with E-state index < -0.39 is 15.0 Å². The minimum absolute atomic E-state index is 0. The predicted octanol–water partition coefficient (Wildman–Crippen LogP) is 1.05.